The molecule has 2 aromatic heterocycles. The molecule has 0 fully saturated rings. The second-order valence-corrected chi connectivity index (χ2v) is 4.33. The highest BCUT2D eigenvalue weighted by molar-refractivity contribution is 5.82. The standard InChI is InChI=1S/C15H14N2O/c1-10-12(7-9-18-10)14(16)13-6-2-4-11-5-3-8-17-15(11)13/h2-9,14H,16H2,1H3. The van der Waals surface area contributed by atoms with Crippen LogP contribution in [-0.4, -0.2) is 4.98 Å². The third kappa shape index (κ3) is 1.69. The zero-order valence-electron chi connectivity index (χ0n) is 10.1. The predicted molar refractivity (Wildman–Crippen MR) is 71.2 cm³/mol. The lowest BCUT2D eigenvalue weighted by Gasteiger charge is -2.13. The van der Waals surface area contributed by atoms with Crippen molar-refractivity contribution in [1.29, 1.82) is 0 Å². The maximum Gasteiger partial charge on any atom is 0.105 e. The van der Waals surface area contributed by atoms with Crippen LogP contribution in [0.4, 0.5) is 0 Å². The second kappa shape index (κ2) is 4.27. The Balaban J connectivity index is 2.18. The van der Waals surface area contributed by atoms with Gasteiger partial charge in [-0.3, -0.25) is 4.98 Å². The van der Waals surface area contributed by atoms with Gasteiger partial charge in [0.1, 0.15) is 5.76 Å². The number of furan rings is 1. The minimum atomic E-state index is -0.206. The molecule has 0 radical (unpaired) electrons. The quantitative estimate of drug-likeness (QED) is 0.746. The summed E-state index contributed by atoms with van der Waals surface area (Å²) in [6, 6.07) is 11.8. The Hall–Kier alpha value is -2.13. The molecule has 2 N–H and O–H groups in total. The summed E-state index contributed by atoms with van der Waals surface area (Å²) in [7, 11) is 0. The summed E-state index contributed by atoms with van der Waals surface area (Å²) in [5.74, 6) is 0.857. The lowest BCUT2D eigenvalue weighted by atomic mass is 9.97. The van der Waals surface area contributed by atoms with Crippen LogP contribution in [0.1, 0.15) is 22.9 Å². The maximum absolute atomic E-state index is 6.33. The van der Waals surface area contributed by atoms with E-state index in [1.54, 1.807) is 12.5 Å². The van der Waals surface area contributed by atoms with Gasteiger partial charge in [0.05, 0.1) is 17.8 Å². The van der Waals surface area contributed by atoms with Crippen molar-refractivity contribution < 1.29 is 4.42 Å². The third-order valence-corrected chi connectivity index (χ3v) is 3.23. The molecule has 1 atom stereocenters. The zero-order valence-corrected chi connectivity index (χ0v) is 10.1. The van der Waals surface area contributed by atoms with Gasteiger partial charge in [-0.1, -0.05) is 24.3 Å². The van der Waals surface area contributed by atoms with Gasteiger partial charge in [0.2, 0.25) is 0 Å². The average molecular weight is 238 g/mol. The molecule has 0 aliphatic rings. The molecule has 0 saturated heterocycles. The Morgan fingerprint density at radius 1 is 1.11 bits per heavy atom. The Labute approximate surface area is 105 Å². The minimum Gasteiger partial charge on any atom is -0.469 e. The molecule has 1 aromatic carbocycles. The molecule has 3 rings (SSSR count). The molecule has 0 aliphatic carbocycles. The van der Waals surface area contributed by atoms with Gasteiger partial charge in [-0.25, -0.2) is 0 Å². The molecule has 3 nitrogen and oxygen atoms in total. The van der Waals surface area contributed by atoms with Crippen LogP contribution in [0, 0.1) is 6.92 Å². The SMILES string of the molecule is Cc1occc1C(N)c1cccc2cccnc12. The summed E-state index contributed by atoms with van der Waals surface area (Å²) in [4.78, 5) is 4.43. The monoisotopic (exact) mass is 238 g/mol. The number of pyridine rings is 1. The molecule has 18 heavy (non-hydrogen) atoms. The summed E-state index contributed by atoms with van der Waals surface area (Å²) < 4.78 is 5.32. The first-order valence-corrected chi connectivity index (χ1v) is 5.90. The normalized spacial score (nSPS) is 12.8. The van der Waals surface area contributed by atoms with Crippen LogP contribution in [0.5, 0.6) is 0 Å². The van der Waals surface area contributed by atoms with E-state index < -0.39 is 0 Å². The van der Waals surface area contributed by atoms with Crippen molar-refractivity contribution in [2.24, 2.45) is 5.73 Å². The summed E-state index contributed by atoms with van der Waals surface area (Å²) >= 11 is 0. The Bertz CT molecular complexity index is 682. The van der Waals surface area contributed by atoms with Gasteiger partial charge in [-0.2, -0.15) is 0 Å². The van der Waals surface area contributed by atoms with Crippen LogP contribution in [0.2, 0.25) is 0 Å². The number of nitrogens with zero attached hydrogens (tertiary/aromatic N) is 1. The maximum atomic E-state index is 6.33. The van der Waals surface area contributed by atoms with E-state index in [0.29, 0.717) is 0 Å². The molecule has 0 saturated carbocycles. The van der Waals surface area contributed by atoms with Crippen molar-refractivity contribution in [3.05, 3.63) is 65.7 Å². The fraction of sp³-hybridized carbons (Fsp3) is 0.133. The van der Waals surface area contributed by atoms with Crippen LogP contribution in [0.15, 0.2) is 53.3 Å². The number of aromatic nitrogens is 1. The van der Waals surface area contributed by atoms with E-state index in [1.807, 2.05) is 43.3 Å². The van der Waals surface area contributed by atoms with Gasteiger partial charge >= 0.3 is 0 Å². The van der Waals surface area contributed by atoms with Crippen molar-refractivity contribution in [2.75, 3.05) is 0 Å². The predicted octanol–water partition coefficient (Wildman–Crippen LogP) is 3.18. The number of rotatable bonds is 2. The highest BCUT2D eigenvalue weighted by Gasteiger charge is 2.16. The molecule has 3 aromatic rings. The van der Waals surface area contributed by atoms with Gasteiger partial charge in [0, 0.05) is 17.1 Å². The largest absolute Gasteiger partial charge is 0.469 e. The number of nitrogens with two attached hydrogens (primary N) is 1. The number of para-hydroxylation sites is 1. The first-order chi connectivity index (χ1) is 8.77. The van der Waals surface area contributed by atoms with E-state index in [4.69, 9.17) is 10.2 Å². The van der Waals surface area contributed by atoms with E-state index in [1.165, 1.54) is 0 Å². The molecule has 2 heterocycles. The average Bonchev–Trinajstić information content (AvgIpc) is 2.83. The first kappa shape index (κ1) is 11.0. The van der Waals surface area contributed by atoms with Crippen molar-refractivity contribution >= 4 is 10.9 Å². The van der Waals surface area contributed by atoms with Gasteiger partial charge in [-0.05, 0) is 24.6 Å². The van der Waals surface area contributed by atoms with E-state index in [9.17, 15) is 0 Å². The fourth-order valence-corrected chi connectivity index (χ4v) is 2.26. The van der Waals surface area contributed by atoms with Crippen molar-refractivity contribution in [2.45, 2.75) is 13.0 Å². The van der Waals surface area contributed by atoms with Crippen LogP contribution in [-0.2, 0) is 0 Å². The van der Waals surface area contributed by atoms with Gasteiger partial charge in [0.15, 0.2) is 0 Å². The van der Waals surface area contributed by atoms with Gasteiger partial charge in [0.25, 0.3) is 0 Å². The van der Waals surface area contributed by atoms with Gasteiger partial charge in [-0.15, -0.1) is 0 Å². The van der Waals surface area contributed by atoms with Crippen LogP contribution >= 0.6 is 0 Å². The minimum absolute atomic E-state index is 0.206. The van der Waals surface area contributed by atoms with Crippen molar-refractivity contribution in [3.63, 3.8) is 0 Å². The molecule has 0 amide bonds. The van der Waals surface area contributed by atoms with Crippen LogP contribution < -0.4 is 5.73 Å². The molecular weight excluding hydrogens is 224 g/mol. The molecule has 1 unspecified atom stereocenters. The van der Waals surface area contributed by atoms with Crippen LogP contribution in [0.3, 0.4) is 0 Å². The summed E-state index contributed by atoms with van der Waals surface area (Å²) in [5, 5.41) is 1.10. The lowest BCUT2D eigenvalue weighted by molar-refractivity contribution is 0.527. The molecule has 3 heteroatoms. The van der Waals surface area contributed by atoms with E-state index in [2.05, 4.69) is 4.98 Å². The smallest absolute Gasteiger partial charge is 0.105 e. The molecular formula is C15H14N2O. The Kier molecular flexibility index (Phi) is 2.61. The highest BCUT2D eigenvalue weighted by Crippen LogP contribution is 2.27. The summed E-state index contributed by atoms with van der Waals surface area (Å²) in [6.45, 7) is 1.92. The summed E-state index contributed by atoms with van der Waals surface area (Å²) in [6.07, 6.45) is 3.46. The van der Waals surface area contributed by atoms with E-state index in [0.717, 1.165) is 27.8 Å². The van der Waals surface area contributed by atoms with Crippen molar-refractivity contribution in [1.82, 2.24) is 4.98 Å². The zero-order chi connectivity index (χ0) is 12.5. The van der Waals surface area contributed by atoms with E-state index in [-0.39, 0.29) is 6.04 Å². The third-order valence-electron chi connectivity index (χ3n) is 3.23. The number of aryl methyl sites for hydroxylation is 1. The number of benzene rings is 1. The Morgan fingerprint density at radius 2 is 1.94 bits per heavy atom. The molecule has 0 aliphatic heterocycles. The first-order valence-electron chi connectivity index (χ1n) is 5.90. The number of hydrogen-bond acceptors (Lipinski definition) is 3. The number of fused-ring (bicyclic) bond motifs is 1. The lowest BCUT2D eigenvalue weighted by Crippen LogP contribution is -2.12. The van der Waals surface area contributed by atoms with Crippen LogP contribution in [0.25, 0.3) is 10.9 Å². The highest BCUT2D eigenvalue weighted by atomic mass is 16.3. The Morgan fingerprint density at radius 3 is 2.72 bits per heavy atom. The number of hydrogen-bond donors (Lipinski definition) is 1. The topological polar surface area (TPSA) is 52.0 Å². The molecule has 90 valence electrons. The second-order valence-electron chi connectivity index (χ2n) is 4.33. The van der Waals surface area contributed by atoms with Gasteiger partial charge < -0.3 is 10.2 Å². The summed E-state index contributed by atoms with van der Waals surface area (Å²) in [5.41, 5.74) is 9.31. The van der Waals surface area contributed by atoms with E-state index >= 15 is 0 Å². The van der Waals surface area contributed by atoms with Crippen molar-refractivity contribution in [3.8, 4) is 0 Å². The molecule has 0 bridgehead atoms. The fourth-order valence-electron chi connectivity index (χ4n) is 2.26. The molecule has 0 spiro atoms.